The molecule has 0 aliphatic heterocycles. The molecule has 0 saturated heterocycles. The maximum Gasteiger partial charge on any atom is 0.339 e. The highest BCUT2D eigenvalue weighted by molar-refractivity contribution is 7.87. The van der Waals surface area contributed by atoms with Gasteiger partial charge in [-0.3, -0.25) is 4.79 Å². The first-order valence-corrected chi connectivity index (χ1v) is 10.7. The first-order chi connectivity index (χ1) is 13.8. The molecule has 5 nitrogen and oxygen atoms in total. The van der Waals surface area contributed by atoms with E-state index in [1.54, 1.807) is 24.3 Å². The molecule has 0 bridgehead atoms. The molecule has 0 saturated carbocycles. The van der Waals surface area contributed by atoms with Gasteiger partial charge in [0.25, 0.3) is 0 Å². The van der Waals surface area contributed by atoms with Gasteiger partial charge in [0, 0.05) is 11.6 Å². The van der Waals surface area contributed by atoms with Crippen LogP contribution in [0.2, 0.25) is 0 Å². The highest BCUT2D eigenvalue weighted by Crippen LogP contribution is 2.20. The summed E-state index contributed by atoms with van der Waals surface area (Å²) in [5.41, 5.74) is 2.55. The van der Waals surface area contributed by atoms with Crippen LogP contribution in [0.15, 0.2) is 83.8 Å². The number of hydrogen-bond donors (Lipinski definition) is 1. The summed E-state index contributed by atoms with van der Waals surface area (Å²) in [4.78, 5) is 12.5. The van der Waals surface area contributed by atoms with Gasteiger partial charge in [0.15, 0.2) is 5.78 Å². The monoisotopic (exact) mass is 409 g/mol. The molecule has 0 aliphatic rings. The van der Waals surface area contributed by atoms with Gasteiger partial charge >= 0.3 is 10.1 Å². The summed E-state index contributed by atoms with van der Waals surface area (Å²) in [6, 6.07) is 22.4. The molecule has 6 heteroatoms. The summed E-state index contributed by atoms with van der Waals surface area (Å²) < 4.78 is 29.9. The number of Topliss-reactive ketones (excluding diaryl/α,β-unsaturated/α-hetero) is 1. The Morgan fingerprint density at radius 2 is 1.55 bits per heavy atom. The van der Waals surface area contributed by atoms with Crippen LogP contribution in [0.5, 0.6) is 5.75 Å². The van der Waals surface area contributed by atoms with Crippen molar-refractivity contribution >= 4 is 15.9 Å². The SMILES string of the molecule is Cc1ccc(S(=O)(=O)Oc2ccc(C(=O)CN[C@@H](C)c3ccccc3)cc2)cc1. The van der Waals surface area contributed by atoms with Gasteiger partial charge in [-0.05, 0) is 55.8 Å². The highest BCUT2D eigenvalue weighted by Gasteiger charge is 2.17. The molecule has 0 spiro atoms. The zero-order valence-electron chi connectivity index (χ0n) is 16.3. The van der Waals surface area contributed by atoms with Crippen LogP contribution in [-0.4, -0.2) is 20.7 Å². The quantitative estimate of drug-likeness (QED) is 0.444. The summed E-state index contributed by atoms with van der Waals surface area (Å²) in [5, 5.41) is 3.20. The van der Waals surface area contributed by atoms with Crippen molar-refractivity contribution in [1.29, 1.82) is 0 Å². The van der Waals surface area contributed by atoms with E-state index in [9.17, 15) is 13.2 Å². The van der Waals surface area contributed by atoms with Crippen molar-refractivity contribution in [2.45, 2.75) is 24.8 Å². The summed E-state index contributed by atoms with van der Waals surface area (Å²) in [6.07, 6.45) is 0. The van der Waals surface area contributed by atoms with Gasteiger partial charge in [-0.2, -0.15) is 8.42 Å². The molecule has 0 amide bonds. The normalized spacial score (nSPS) is 12.3. The summed E-state index contributed by atoms with van der Waals surface area (Å²) >= 11 is 0. The smallest absolute Gasteiger partial charge is 0.339 e. The second-order valence-corrected chi connectivity index (χ2v) is 8.36. The van der Waals surface area contributed by atoms with E-state index in [-0.39, 0.29) is 29.0 Å². The van der Waals surface area contributed by atoms with Gasteiger partial charge in [-0.1, -0.05) is 48.0 Å². The third-order valence-corrected chi connectivity index (χ3v) is 5.82. The molecule has 0 unspecified atom stereocenters. The fourth-order valence-electron chi connectivity index (χ4n) is 2.78. The third-order valence-electron chi connectivity index (χ3n) is 4.56. The Morgan fingerprint density at radius 3 is 2.17 bits per heavy atom. The highest BCUT2D eigenvalue weighted by atomic mass is 32.2. The van der Waals surface area contributed by atoms with Crippen molar-refractivity contribution < 1.29 is 17.4 Å². The van der Waals surface area contributed by atoms with Crippen molar-refractivity contribution in [2.75, 3.05) is 6.54 Å². The third kappa shape index (κ3) is 5.53. The molecule has 0 fully saturated rings. The van der Waals surface area contributed by atoms with E-state index in [0.29, 0.717) is 5.56 Å². The Labute approximate surface area is 171 Å². The topological polar surface area (TPSA) is 72.5 Å². The molecule has 3 rings (SSSR count). The fraction of sp³-hybridized carbons (Fsp3) is 0.174. The Morgan fingerprint density at radius 1 is 0.931 bits per heavy atom. The van der Waals surface area contributed by atoms with E-state index in [4.69, 9.17) is 4.18 Å². The van der Waals surface area contributed by atoms with Gasteiger partial charge < -0.3 is 9.50 Å². The second kappa shape index (κ2) is 9.03. The Hall–Kier alpha value is -2.96. The fourth-order valence-corrected chi connectivity index (χ4v) is 3.71. The molecule has 1 N–H and O–H groups in total. The Bertz CT molecular complexity index is 1060. The number of hydrogen-bond acceptors (Lipinski definition) is 5. The van der Waals surface area contributed by atoms with Gasteiger partial charge in [0.2, 0.25) is 0 Å². The number of carbonyl (C=O) groups is 1. The van der Waals surface area contributed by atoms with Crippen LogP contribution in [0.1, 0.15) is 34.5 Å². The molecule has 0 heterocycles. The minimum Gasteiger partial charge on any atom is -0.379 e. The molecular weight excluding hydrogens is 386 g/mol. The lowest BCUT2D eigenvalue weighted by Crippen LogP contribution is -2.26. The average molecular weight is 410 g/mol. The van der Waals surface area contributed by atoms with Crippen LogP contribution in [0, 0.1) is 6.92 Å². The van der Waals surface area contributed by atoms with E-state index in [2.05, 4.69) is 5.32 Å². The van der Waals surface area contributed by atoms with Crippen LogP contribution in [0.3, 0.4) is 0 Å². The van der Waals surface area contributed by atoms with Crippen LogP contribution in [-0.2, 0) is 10.1 Å². The minimum absolute atomic E-state index is 0.0439. The van der Waals surface area contributed by atoms with E-state index in [0.717, 1.165) is 11.1 Å². The molecule has 150 valence electrons. The van der Waals surface area contributed by atoms with Gasteiger partial charge in [-0.25, -0.2) is 0 Å². The van der Waals surface area contributed by atoms with Crippen molar-refractivity contribution in [3.05, 3.63) is 95.6 Å². The molecule has 1 atom stereocenters. The molecule has 3 aromatic carbocycles. The first kappa shape index (κ1) is 20.8. The maximum atomic E-state index is 12.4. The van der Waals surface area contributed by atoms with Crippen LogP contribution >= 0.6 is 0 Å². The number of nitrogens with one attached hydrogen (secondary N) is 1. The molecule has 29 heavy (non-hydrogen) atoms. The standard InChI is InChI=1S/C23H23NO4S/c1-17-8-14-22(15-9-17)29(26,27)28-21-12-10-20(11-13-21)23(25)16-24-18(2)19-6-4-3-5-7-19/h3-15,18,24H,16H2,1-2H3/t18-/m0/s1. The van der Waals surface area contributed by atoms with Gasteiger partial charge in [-0.15, -0.1) is 0 Å². The van der Waals surface area contributed by atoms with E-state index < -0.39 is 10.1 Å². The summed E-state index contributed by atoms with van der Waals surface area (Å²) in [6.45, 7) is 4.05. The zero-order chi connectivity index (χ0) is 20.9. The van der Waals surface area contributed by atoms with E-state index >= 15 is 0 Å². The number of rotatable bonds is 8. The molecule has 3 aromatic rings. The summed E-state index contributed by atoms with van der Waals surface area (Å²) in [5.74, 6) is 0.0773. The summed E-state index contributed by atoms with van der Waals surface area (Å²) in [7, 11) is -3.91. The zero-order valence-corrected chi connectivity index (χ0v) is 17.1. The van der Waals surface area contributed by atoms with Gasteiger partial charge in [0.05, 0.1) is 6.54 Å². The van der Waals surface area contributed by atoms with E-state index in [1.165, 1.54) is 24.3 Å². The van der Waals surface area contributed by atoms with Crippen molar-refractivity contribution in [3.8, 4) is 5.75 Å². The lowest BCUT2D eigenvalue weighted by molar-refractivity contribution is 0.0988. The van der Waals surface area contributed by atoms with Crippen molar-refractivity contribution in [3.63, 3.8) is 0 Å². The van der Waals surface area contributed by atoms with Crippen LogP contribution in [0.4, 0.5) is 0 Å². The van der Waals surface area contributed by atoms with E-state index in [1.807, 2.05) is 44.2 Å². The first-order valence-electron chi connectivity index (χ1n) is 9.28. The number of benzene rings is 3. The van der Waals surface area contributed by atoms with Crippen LogP contribution < -0.4 is 9.50 Å². The second-order valence-electron chi connectivity index (χ2n) is 6.81. The molecule has 0 radical (unpaired) electrons. The number of aryl methyl sites for hydroxylation is 1. The minimum atomic E-state index is -3.91. The average Bonchev–Trinajstić information content (AvgIpc) is 2.73. The lowest BCUT2D eigenvalue weighted by Gasteiger charge is -2.13. The molecule has 0 aliphatic carbocycles. The Balaban J connectivity index is 1.60. The molecule has 0 aromatic heterocycles. The van der Waals surface area contributed by atoms with Crippen LogP contribution in [0.25, 0.3) is 0 Å². The number of ketones is 1. The lowest BCUT2D eigenvalue weighted by atomic mass is 10.1. The predicted molar refractivity (Wildman–Crippen MR) is 113 cm³/mol. The molecular formula is C23H23NO4S. The largest absolute Gasteiger partial charge is 0.379 e. The maximum absolute atomic E-state index is 12.4. The van der Waals surface area contributed by atoms with Crippen molar-refractivity contribution in [1.82, 2.24) is 5.32 Å². The Kier molecular flexibility index (Phi) is 6.46. The van der Waals surface area contributed by atoms with Gasteiger partial charge in [0.1, 0.15) is 10.6 Å². The number of carbonyl (C=O) groups excluding carboxylic acids is 1. The predicted octanol–water partition coefficient (Wildman–Crippen LogP) is 4.30. The van der Waals surface area contributed by atoms with Crippen molar-refractivity contribution in [2.24, 2.45) is 0 Å².